The third-order valence-corrected chi connectivity index (χ3v) is 3.46. The van der Waals surface area contributed by atoms with Crippen molar-refractivity contribution in [3.63, 3.8) is 0 Å². The van der Waals surface area contributed by atoms with E-state index in [0.717, 1.165) is 24.4 Å². The summed E-state index contributed by atoms with van der Waals surface area (Å²) in [5.74, 6) is 0. The average Bonchev–Trinajstić information content (AvgIpc) is 2.33. The fourth-order valence-corrected chi connectivity index (χ4v) is 2.22. The first-order valence-electron chi connectivity index (χ1n) is 5.89. The van der Waals surface area contributed by atoms with Gasteiger partial charge < -0.3 is 11.1 Å². The van der Waals surface area contributed by atoms with Crippen LogP contribution in [-0.2, 0) is 5.54 Å². The Morgan fingerprint density at radius 1 is 1.19 bits per heavy atom. The minimum Gasteiger partial charge on any atom is -0.329 e. The van der Waals surface area contributed by atoms with Gasteiger partial charge in [0.2, 0.25) is 0 Å². The molecular weight excluding hydrogens is 220 g/mol. The van der Waals surface area contributed by atoms with Gasteiger partial charge in [-0.15, -0.1) is 0 Å². The Morgan fingerprint density at radius 2 is 1.75 bits per heavy atom. The summed E-state index contributed by atoms with van der Waals surface area (Å²) >= 11 is 5.91. The Kier molecular flexibility index (Phi) is 5.26. The number of nitrogens with two attached hydrogens (primary N) is 1. The number of halogens is 1. The maximum absolute atomic E-state index is 5.91. The molecule has 3 N–H and O–H groups in total. The molecule has 0 unspecified atom stereocenters. The second-order valence-electron chi connectivity index (χ2n) is 4.01. The van der Waals surface area contributed by atoms with Crippen LogP contribution in [0.4, 0.5) is 0 Å². The van der Waals surface area contributed by atoms with Crippen molar-refractivity contribution >= 4 is 11.6 Å². The summed E-state index contributed by atoms with van der Waals surface area (Å²) in [6.45, 7) is 5.89. The van der Waals surface area contributed by atoms with Crippen molar-refractivity contribution in [2.75, 3.05) is 13.1 Å². The molecule has 0 aliphatic carbocycles. The average molecular weight is 241 g/mol. The van der Waals surface area contributed by atoms with Crippen LogP contribution in [0, 0.1) is 0 Å². The molecule has 16 heavy (non-hydrogen) atoms. The van der Waals surface area contributed by atoms with Gasteiger partial charge in [-0.25, -0.2) is 0 Å². The third-order valence-electron chi connectivity index (χ3n) is 3.21. The van der Waals surface area contributed by atoms with Gasteiger partial charge in [0.05, 0.1) is 0 Å². The van der Waals surface area contributed by atoms with Crippen LogP contribution in [-0.4, -0.2) is 13.1 Å². The van der Waals surface area contributed by atoms with E-state index in [1.807, 2.05) is 12.1 Å². The van der Waals surface area contributed by atoms with Crippen molar-refractivity contribution in [3.05, 3.63) is 34.9 Å². The minimum absolute atomic E-state index is 0.0317. The van der Waals surface area contributed by atoms with E-state index in [9.17, 15) is 0 Å². The zero-order valence-corrected chi connectivity index (χ0v) is 10.8. The van der Waals surface area contributed by atoms with Crippen molar-refractivity contribution in [2.24, 2.45) is 5.73 Å². The molecule has 1 aromatic rings. The van der Waals surface area contributed by atoms with Crippen molar-refractivity contribution in [3.8, 4) is 0 Å². The van der Waals surface area contributed by atoms with Crippen molar-refractivity contribution in [1.29, 1.82) is 0 Å². The summed E-state index contributed by atoms with van der Waals surface area (Å²) in [5, 5.41) is 4.33. The first-order chi connectivity index (χ1) is 7.68. The molecule has 0 aliphatic heterocycles. The van der Waals surface area contributed by atoms with Gasteiger partial charge >= 0.3 is 0 Å². The molecule has 90 valence electrons. The Bertz CT molecular complexity index is 304. The van der Waals surface area contributed by atoms with Gasteiger partial charge in [-0.05, 0) is 30.5 Å². The summed E-state index contributed by atoms with van der Waals surface area (Å²) in [6, 6.07) is 8.08. The molecule has 0 heterocycles. The minimum atomic E-state index is 0.0317. The predicted molar refractivity (Wildman–Crippen MR) is 70.8 cm³/mol. The van der Waals surface area contributed by atoms with Gasteiger partial charge in [0, 0.05) is 23.7 Å². The van der Waals surface area contributed by atoms with Gasteiger partial charge in [0.15, 0.2) is 0 Å². The second kappa shape index (κ2) is 6.24. The molecular formula is C13H21ClN2. The molecule has 0 aliphatic rings. The molecule has 2 nitrogen and oxygen atoms in total. The molecule has 0 spiro atoms. The molecule has 0 saturated carbocycles. The van der Waals surface area contributed by atoms with Crippen LogP contribution in [0.5, 0.6) is 0 Å². The zero-order chi connectivity index (χ0) is 12.0. The number of hydrogen-bond donors (Lipinski definition) is 2. The third kappa shape index (κ3) is 2.97. The van der Waals surface area contributed by atoms with Gasteiger partial charge in [0.25, 0.3) is 0 Å². The van der Waals surface area contributed by atoms with Crippen LogP contribution >= 0.6 is 11.6 Å². The summed E-state index contributed by atoms with van der Waals surface area (Å²) in [6.07, 6.45) is 2.09. The first-order valence-corrected chi connectivity index (χ1v) is 6.27. The molecule has 0 atom stereocenters. The standard InChI is InChI=1S/C13H21ClN2/c1-3-13(4-2,16-10-9-15)11-5-7-12(14)8-6-11/h5-8,16H,3-4,9-10,15H2,1-2H3. The summed E-state index contributed by atoms with van der Waals surface area (Å²) in [7, 11) is 0. The first kappa shape index (κ1) is 13.5. The second-order valence-corrected chi connectivity index (χ2v) is 4.45. The fourth-order valence-electron chi connectivity index (χ4n) is 2.09. The van der Waals surface area contributed by atoms with Gasteiger partial charge in [-0.1, -0.05) is 37.6 Å². The molecule has 0 saturated heterocycles. The summed E-state index contributed by atoms with van der Waals surface area (Å²) < 4.78 is 0. The Balaban J connectivity index is 2.95. The van der Waals surface area contributed by atoms with Crippen molar-refractivity contribution in [1.82, 2.24) is 5.32 Å². The van der Waals surface area contributed by atoms with Crippen molar-refractivity contribution < 1.29 is 0 Å². The maximum Gasteiger partial charge on any atom is 0.0429 e. The number of benzene rings is 1. The van der Waals surface area contributed by atoms with Gasteiger partial charge in [-0.3, -0.25) is 0 Å². The number of hydrogen-bond acceptors (Lipinski definition) is 2. The van der Waals surface area contributed by atoms with Crippen LogP contribution in [0.25, 0.3) is 0 Å². The SMILES string of the molecule is CCC(CC)(NCCN)c1ccc(Cl)cc1. The molecule has 0 bridgehead atoms. The topological polar surface area (TPSA) is 38.0 Å². The smallest absolute Gasteiger partial charge is 0.0429 e. The normalized spacial score (nSPS) is 11.8. The molecule has 3 heteroatoms. The van der Waals surface area contributed by atoms with Crippen LogP contribution in [0.2, 0.25) is 5.02 Å². The van der Waals surface area contributed by atoms with Crippen LogP contribution in [0.1, 0.15) is 32.3 Å². The molecule has 0 fully saturated rings. The lowest BCUT2D eigenvalue weighted by Crippen LogP contribution is -2.43. The number of rotatable bonds is 6. The molecule has 1 aromatic carbocycles. The Labute approximate surface area is 103 Å². The fraction of sp³-hybridized carbons (Fsp3) is 0.538. The molecule has 0 amide bonds. The van der Waals surface area contributed by atoms with Crippen molar-refractivity contribution in [2.45, 2.75) is 32.2 Å². The number of nitrogens with one attached hydrogen (secondary N) is 1. The van der Waals surface area contributed by atoms with E-state index < -0.39 is 0 Å². The molecule has 0 aromatic heterocycles. The summed E-state index contributed by atoms with van der Waals surface area (Å²) in [5.41, 5.74) is 6.88. The van der Waals surface area contributed by atoms with E-state index in [4.69, 9.17) is 17.3 Å². The van der Waals surface area contributed by atoms with Gasteiger partial charge in [-0.2, -0.15) is 0 Å². The highest BCUT2D eigenvalue weighted by Gasteiger charge is 2.26. The largest absolute Gasteiger partial charge is 0.329 e. The van der Waals surface area contributed by atoms with Crippen LogP contribution in [0.3, 0.4) is 0 Å². The Morgan fingerprint density at radius 3 is 2.19 bits per heavy atom. The van der Waals surface area contributed by atoms with Gasteiger partial charge in [0.1, 0.15) is 0 Å². The predicted octanol–water partition coefficient (Wildman–Crippen LogP) is 2.90. The maximum atomic E-state index is 5.91. The highest BCUT2D eigenvalue weighted by molar-refractivity contribution is 6.30. The van der Waals surface area contributed by atoms with E-state index in [2.05, 4.69) is 31.3 Å². The lowest BCUT2D eigenvalue weighted by atomic mass is 9.84. The monoisotopic (exact) mass is 240 g/mol. The van der Waals surface area contributed by atoms with E-state index in [1.165, 1.54) is 5.56 Å². The van der Waals surface area contributed by atoms with Crippen LogP contribution < -0.4 is 11.1 Å². The zero-order valence-electron chi connectivity index (χ0n) is 10.1. The quantitative estimate of drug-likeness (QED) is 0.803. The van der Waals surface area contributed by atoms with E-state index >= 15 is 0 Å². The highest BCUT2D eigenvalue weighted by atomic mass is 35.5. The van der Waals surface area contributed by atoms with E-state index in [1.54, 1.807) is 0 Å². The lowest BCUT2D eigenvalue weighted by molar-refractivity contribution is 0.312. The van der Waals surface area contributed by atoms with E-state index in [-0.39, 0.29) is 5.54 Å². The lowest BCUT2D eigenvalue weighted by Gasteiger charge is -2.33. The van der Waals surface area contributed by atoms with Crippen LogP contribution in [0.15, 0.2) is 24.3 Å². The molecule has 0 radical (unpaired) electrons. The Hall–Kier alpha value is -0.570. The highest BCUT2D eigenvalue weighted by Crippen LogP contribution is 2.29. The van der Waals surface area contributed by atoms with E-state index in [0.29, 0.717) is 6.54 Å². The molecule has 1 rings (SSSR count). The summed E-state index contributed by atoms with van der Waals surface area (Å²) in [4.78, 5) is 0.